The lowest BCUT2D eigenvalue weighted by Crippen LogP contribution is -2.26. The first-order valence-corrected chi connectivity index (χ1v) is 5.48. The molecule has 5 heteroatoms. The minimum Gasteiger partial charge on any atom is -0.392 e. The summed E-state index contributed by atoms with van der Waals surface area (Å²) >= 11 is 5.64. The van der Waals surface area contributed by atoms with Gasteiger partial charge in [0.15, 0.2) is 5.15 Å². The van der Waals surface area contributed by atoms with E-state index in [1.165, 1.54) is 10.9 Å². The maximum atomic E-state index is 11.7. The minimum atomic E-state index is -0.248. The Hall–Kier alpha value is -1.03. The number of nitrogen functional groups attached to an aromatic ring is 1. The van der Waals surface area contributed by atoms with E-state index in [1.807, 2.05) is 0 Å². The third kappa shape index (κ3) is 2.72. The van der Waals surface area contributed by atoms with E-state index in [0.717, 1.165) is 12.8 Å². The molecular formula is C10H16ClN3O. The summed E-state index contributed by atoms with van der Waals surface area (Å²) in [5, 5.41) is 0.0841. The maximum absolute atomic E-state index is 11.7. The molecule has 2 N–H and O–H groups in total. The zero-order valence-electron chi connectivity index (χ0n) is 9.03. The number of hydrogen-bond acceptors (Lipinski definition) is 3. The highest BCUT2D eigenvalue weighted by molar-refractivity contribution is 6.31. The van der Waals surface area contributed by atoms with E-state index in [0.29, 0.717) is 12.5 Å². The second-order valence-corrected chi connectivity index (χ2v) is 3.95. The molecule has 1 rings (SSSR count). The van der Waals surface area contributed by atoms with E-state index in [1.54, 1.807) is 0 Å². The van der Waals surface area contributed by atoms with Gasteiger partial charge >= 0.3 is 0 Å². The van der Waals surface area contributed by atoms with Gasteiger partial charge in [-0.15, -0.1) is 0 Å². The first-order valence-electron chi connectivity index (χ1n) is 5.10. The molecule has 0 aliphatic carbocycles. The fourth-order valence-electron chi connectivity index (χ4n) is 1.44. The SMILES string of the molecule is CCC(CC)Cn1cnc(Cl)c(N)c1=O. The molecule has 0 saturated carbocycles. The molecule has 0 amide bonds. The van der Waals surface area contributed by atoms with Gasteiger partial charge in [-0.2, -0.15) is 0 Å². The van der Waals surface area contributed by atoms with Gasteiger partial charge < -0.3 is 5.73 Å². The molecule has 1 heterocycles. The van der Waals surface area contributed by atoms with Gasteiger partial charge in [0.05, 0.1) is 6.33 Å². The van der Waals surface area contributed by atoms with E-state index < -0.39 is 0 Å². The molecule has 1 aromatic heterocycles. The van der Waals surface area contributed by atoms with Crippen LogP contribution in [0.1, 0.15) is 26.7 Å². The van der Waals surface area contributed by atoms with E-state index >= 15 is 0 Å². The van der Waals surface area contributed by atoms with Crippen LogP contribution in [0.15, 0.2) is 11.1 Å². The third-order valence-corrected chi connectivity index (χ3v) is 2.93. The first kappa shape index (κ1) is 12.0. The number of nitrogens with zero attached hydrogens (tertiary/aromatic N) is 2. The fourth-order valence-corrected chi connectivity index (χ4v) is 1.56. The monoisotopic (exact) mass is 229 g/mol. The van der Waals surface area contributed by atoms with E-state index in [9.17, 15) is 4.79 Å². The average molecular weight is 230 g/mol. The van der Waals surface area contributed by atoms with Crippen molar-refractivity contribution < 1.29 is 0 Å². The van der Waals surface area contributed by atoms with Gasteiger partial charge in [0.1, 0.15) is 5.69 Å². The molecule has 84 valence electrons. The second-order valence-electron chi connectivity index (χ2n) is 3.59. The molecule has 0 bridgehead atoms. The molecule has 0 aliphatic rings. The fraction of sp³-hybridized carbons (Fsp3) is 0.600. The van der Waals surface area contributed by atoms with Gasteiger partial charge in [-0.3, -0.25) is 9.36 Å². The lowest BCUT2D eigenvalue weighted by molar-refractivity contribution is 0.409. The predicted octanol–water partition coefficient (Wildman–Crippen LogP) is 1.92. The van der Waals surface area contributed by atoms with Crippen molar-refractivity contribution in [2.75, 3.05) is 5.73 Å². The summed E-state index contributed by atoms with van der Waals surface area (Å²) in [4.78, 5) is 15.5. The highest BCUT2D eigenvalue weighted by Gasteiger charge is 2.09. The van der Waals surface area contributed by atoms with Crippen LogP contribution in [-0.2, 0) is 6.54 Å². The Labute approximate surface area is 94.1 Å². The molecule has 0 aromatic carbocycles. The first-order chi connectivity index (χ1) is 7.10. The number of nitrogens with two attached hydrogens (primary N) is 1. The summed E-state index contributed by atoms with van der Waals surface area (Å²) in [6.45, 7) is 4.86. The molecule has 15 heavy (non-hydrogen) atoms. The molecular weight excluding hydrogens is 214 g/mol. The number of hydrogen-bond donors (Lipinski definition) is 1. The summed E-state index contributed by atoms with van der Waals surface area (Å²) in [7, 11) is 0. The van der Waals surface area contributed by atoms with Crippen molar-refractivity contribution in [3.8, 4) is 0 Å². The molecule has 0 radical (unpaired) electrons. The van der Waals surface area contributed by atoms with Crippen LogP contribution in [0.4, 0.5) is 5.69 Å². The van der Waals surface area contributed by atoms with Gasteiger partial charge in [0, 0.05) is 6.54 Å². The van der Waals surface area contributed by atoms with Gasteiger partial charge in [-0.25, -0.2) is 4.98 Å². The zero-order chi connectivity index (χ0) is 11.4. The smallest absolute Gasteiger partial charge is 0.278 e. The summed E-state index contributed by atoms with van der Waals surface area (Å²) in [6.07, 6.45) is 3.52. The average Bonchev–Trinajstić information content (AvgIpc) is 2.25. The largest absolute Gasteiger partial charge is 0.392 e. The number of rotatable bonds is 4. The van der Waals surface area contributed by atoms with Crippen molar-refractivity contribution in [3.63, 3.8) is 0 Å². The molecule has 1 aromatic rings. The summed E-state index contributed by atoms with van der Waals surface area (Å²) in [5.74, 6) is 0.477. The predicted molar refractivity (Wildman–Crippen MR) is 62.0 cm³/mol. The minimum absolute atomic E-state index is 0.0325. The van der Waals surface area contributed by atoms with E-state index in [2.05, 4.69) is 18.8 Å². The Kier molecular flexibility index (Phi) is 4.15. The quantitative estimate of drug-likeness (QED) is 0.803. The van der Waals surface area contributed by atoms with Crippen molar-refractivity contribution in [3.05, 3.63) is 21.8 Å². The van der Waals surface area contributed by atoms with Crippen LogP contribution in [-0.4, -0.2) is 9.55 Å². The molecule has 0 spiro atoms. The van der Waals surface area contributed by atoms with Crippen molar-refractivity contribution in [1.29, 1.82) is 0 Å². The molecule has 0 aliphatic heterocycles. The van der Waals surface area contributed by atoms with Crippen LogP contribution >= 0.6 is 11.6 Å². The van der Waals surface area contributed by atoms with Gasteiger partial charge in [-0.1, -0.05) is 38.3 Å². The van der Waals surface area contributed by atoms with E-state index in [4.69, 9.17) is 17.3 Å². The van der Waals surface area contributed by atoms with Crippen LogP contribution in [0.25, 0.3) is 0 Å². The molecule has 0 fully saturated rings. The summed E-state index contributed by atoms with van der Waals surface area (Å²) in [5.41, 5.74) is 5.30. The Balaban J connectivity index is 2.96. The highest BCUT2D eigenvalue weighted by Crippen LogP contribution is 2.12. The Morgan fingerprint density at radius 1 is 1.53 bits per heavy atom. The standard InChI is InChI=1S/C10H16ClN3O/c1-3-7(4-2)5-14-6-13-9(11)8(12)10(14)15/h6-7H,3-5,12H2,1-2H3. The molecule has 4 nitrogen and oxygen atoms in total. The molecule has 0 saturated heterocycles. The van der Waals surface area contributed by atoms with Crippen molar-refractivity contribution >= 4 is 17.3 Å². The van der Waals surface area contributed by atoms with Crippen LogP contribution in [0.5, 0.6) is 0 Å². The Morgan fingerprint density at radius 3 is 2.67 bits per heavy atom. The van der Waals surface area contributed by atoms with Crippen LogP contribution < -0.4 is 11.3 Å². The van der Waals surface area contributed by atoms with E-state index in [-0.39, 0.29) is 16.4 Å². The Bertz CT molecular complexity index is 385. The summed E-state index contributed by atoms with van der Waals surface area (Å²) < 4.78 is 1.53. The molecule has 0 unspecified atom stereocenters. The van der Waals surface area contributed by atoms with Crippen molar-refractivity contribution in [1.82, 2.24) is 9.55 Å². The number of halogens is 1. The lowest BCUT2D eigenvalue weighted by Gasteiger charge is -2.14. The Morgan fingerprint density at radius 2 is 2.13 bits per heavy atom. The van der Waals surface area contributed by atoms with Crippen molar-refractivity contribution in [2.24, 2.45) is 5.92 Å². The van der Waals surface area contributed by atoms with Gasteiger partial charge in [0.25, 0.3) is 5.56 Å². The van der Waals surface area contributed by atoms with Crippen LogP contribution in [0.3, 0.4) is 0 Å². The van der Waals surface area contributed by atoms with Gasteiger partial charge in [0.2, 0.25) is 0 Å². The maximum Gasteiger partial charge on any atom is 0.278 e. The van der Waals surface area contributed by atoms with Crippen LogP contribution in [0, 0.1) is 5.92 Å². The third-order valence-electron chi connectivity index (χ3n) is 2.63. The second kappa shape index (κ2) is 5.16. The lowest BCUT2D eigenvalue weighted by atomic mass is 10.0. The van der Waals surface area contributed by atoms with Crippen LogP contribution in [0.2, 0.25) is 5.15 Å². The number of aromatic nitrogens is 2. The summed E-state index contributed by atoms with van der Waals surface area (Å²) in [6, 6.07) is 0. The van der Waals surface area contributed by atoms with Gasteiger partial charge in [-0.05, 0) is 5.92 Å². The van der Waals surface area contributed by atoms with Crippen molar-refractivity contribution in [2.45, 2.75) is 33.2 Å². The normalized spacial score (nSPS) is 10.9. The zero-order valence-corrected chi connectivity index (χ0v) is 9.79. The number of anilines is 1. The molecule has 0 atom stereocenters. The topological polar surface area (TPSA) is 60.9 Å². The highest BCUT2D eigenvalue weighted by atomic mass is 35.5.